The van der Waals surface area contributed by atoms with Crippen molar-refractivity contribution in [2.75, 3.05) is 19.0 Å². The van der Waals surface area contributed by atoms with E-state index in [9.17, 15) is 4.79 Å². The molecule has 10 heteroatoms. The molecule has 4 rings (SSSR count). The Kier molecular flexibility index (Phi) is 7.51. The Balaban J connectivity index is 1.60. The van der Waals surface area contributed by atoms with Gasteiger partial charge in [0.05, 0.1) is 6.61 Å². The van der Waals surface area contributed by atoms with Gasteiger partial charge in [0.25, 0.3) is 5.91 Å². The van der Waals surface area contributed by atoms with Crippen LogP contribution in [0.3, 0.4) is 0 Å². The van der Waals surface area contributed by atoms with E-state index in [2.05, 4.69) is 20.5 Å². The number of thiazole rings is 1. The maximum absolute atomic E-state index is 12.8. The molecule has 9 nitrogen and oxygen atoms in total. The summed E-state index contributed by atoms with van der Waals surface area (Å²) >= 11 is 1.33. The van der Waals surface area contributed by atoms with E-state index in [4.69, 9.17) is 18.6 Å². The van der Waals surface area contributed by atoms with Crippen LogP contribution < -0.4 is 14.8 Å². The minimum Gasteiger partial charge on any atom is -0.488 e. The van der Waals surface area contributed by atoms with Crippen molar-refractivity contribution in [3.8, 4) is 28.7 Å². The summed E-state index contributed by atoms with van der Waals surface area (Å²) in [6.45, 7) is 4.23. The van der Waals surface area contributed by atoms with Crippen LogP contribution in [0.15, 0.2) is 58.5 Å². The van der Waals surface area contributed by atoms with Crippen LogP contribution in [0.4, 0.5) is 5.13 Å². The number of carbonyl (C=O) groups is 1. The minimum atomic E-state index is -0.323. The number of hydrogen-bond donors (Lipinski definition) is 1. The highest BCUT2D eigenvalue weighted by atomic mass is 32.1. The first-order valence-electron chi connectivity index (χ1n) is 10.7. The Morgan fingerprint density at radius 2 is 2.00 bits per heavy atom. The molecule has 0 spiro atoms. The van der Waals surface area contributed by atoms with Crippen LogP contribution in [-0.4, -0.2) is 40.9 Å². The quantitative estimate of drug-likeness (QED) is 0.329. The number of aryl methyl sites for hydroxylation is 1. The van der Waals surface area contributed by atoms with Crippen molar-refractivity contribution in [1.82, 2.24) is 15.2 Å². The Labute approximate surface area is 200 Å². The van der Waals surface area contributed by atoms with Crippen LogP contribution in [0.2, 0.25) is 0 Å². The van der Waals surface area contributed by atoms with E-state index in [0.717, 1.165) is 5.56 Å². The number of nitrogens with one attached hydrogen (secondary N) is 1. The van der Waals surface area contributed by atoms with Gasteiger partial charge in [-0.25, -0.2) is 4.98 Å². The number of hydrogen-bond acceptors (Lipinski definition) is 9. The van der Waals surface area contributed by atoms with E-state index in [-0.39, 0.29) is 12.0 Å². The predicted octanol–water partition coefficient (Wildman–Crippen LogP) is 5.21. The molecule has 0 saturated heterocycles. The van der Waals surface area contributed by atoms with E-state index in [0.29, 0.717) is 52.8 Å². The van der Waals surface area contributed by atoms with Gasteiger partial charge < -0.3 is 18.6 Å². The zero-order chi connectivity index (χ0) is 23.9. The van der Waals surface area contributed by atoms with Crippen LogP contribution in [0.25, 0.3) is 11.5 Å². The SMILES string of the molecule is CCc1nnc(-c2cccc(Oc3cc(OC(C)COC)cc(C(=O)Nc4nccs4)c3)c2)o1. The third-order valence-electron chi connectivity index (χ3n) is 4.62. The summed E-state index contributed by atoms with van der Waals surface area (Å²) in [5.41, 5.74) is 1.10. The first-order chi connectivity index (χ1) is 16.5. The lowest BCUT2D eigenvalue weighted by molar-refractivity contribution is 0.0916. The van der Waals surface area contributed by atoms with E-state index in [1.54, 1.807) is 49.0 Å². The number of carbonyl (C=O) groups excluding carboxylic acids is 1. The highest BCUT2D eigenvalue weighted by molar-refractivity contribution is 7.13. The maximum Gasteiger partial charge on any atom is 0.257 e. The molecule has 0 aliphatic carbocycles. The number of nitrogens with zero attached hydrogens (tertiary/aromatic N) is 3. The first-order valence-corrected chi connectivity index (χ1v) is 11.5. The van der Waals surface area contributed by atoms with Crippen LogP contribution in [-0.2, 0) is 11.2 Å². The Morgan fingerprint density at radius 1 is 1.15 bits per heavy atom. The zero-order valence-electron chi connectivity index (χ0n) is 19.0. The van der Waals surface area contributed by atoms with Crippen molar-refractivity contribution >= 4 is 22.4 Å². The third-order valence-corrected chi connectivity index (χ3v) is 5.31. The molecule has 0 aliphatic heterocycles. The van der Waals surface area contributed by atoms with Gasteiger partial charge in [-0.1, -0.05) is 13.0 Å². The van der Waals surface area contributed by atoms with Gasteiger partial charge in [0.1, 0.15) is 23.4 Å². The molecule has 34 heavy (non-hydrogen) atoms. The molecule has 0 bridgehead atoms. The molecular weight excluding hydrogens is 456 g/mol. The summed E-state index contributed by atoms with van der Waals surface area (Å²) in [7, 11) is 1.60. The summed E-state index contributed by atoms with van der Waals surface area (Å²) in [4.78, 5) is 16.9. The van der Waals surface area contributed by atoms with Gasteiger partial charge in [0.15, 0.2) is 5.13 Å². The van der Waals surface area contributed by atoms with E-state index < -0.39 is 0 Å². The van der Waals surface area contributed by atoms with Crippen molar-refractivity contribution in [2.45, 2.75) is 26.4 Å². The topological polar surface area (TPSA) is 109 Å². The molecule has 0 saturated carbocycles. The van der Waals surface area contributed by atoms with E-state index in [1.165, 1.54) is 11.3 Å². The molecule has 0 fully saturated rings. The van der Waals surface area contributed by atoms with Gasteiger partial charge in [-0.15, -0.1) is 21.5 Å². The Hall–Kier alpha value is -3.76. The van der Waals surface area contributed by atoms with Gasteiger partial charge in [0.2, 0.25) is 11.8 Å². The number of aromatic nitrogens is 3. The highest BCUT2D eigenvalue weighted by Crippen LogP contribution is 2.31. The standard InChI is InChI=1S/C24H24N4O5S/c1-4-21-27-28-23(33-21)16-6-5-7-18(10-16)32-20-12-17(22(29)26-24-25-8-9-34-24)11-19(13-20)31-15(2)14-30-3/h5-13,15H,4,14H2,1-3H3,(H,25,26,29). The number of amides is 1. The van der Waals surface area contributed by atoms with Crippen molar-refractivity contribution < 1.29 is 23.4 Å². The third kappa shape index (κ3) is 5.97. The monoisotopic (exact) mass is 480 g/mol. The summed E-state index contributed by atoms with van der Waals surface area (Å²) < 4.78 is 22.8. The molecule has 1 amide bonds. The lowest BCUT2D eigenvalue weighted by Crippen LogP contribution is -2.18. The fraction of sp³-hybridized carbons (Fsp3) is 0.250. The van der Waals surface area contributed by atoms with Crippen LogP contribution in [0, 0.1) is 0 Å². The van der Waals surface area contributed by atoms with E-state index in [1.807, 2.05) is 26.0 Å². The van der Waals surface area contributed by atoms with Crippen LogP contribution in [0.1, 0.15) is 30.1 Å². The van der Waals surface area contributed by atoms with Crippen LogP contribution >= 0.6 is 11.3 Å². The zero-order valence-corrected chi connectivity index (χ0v) is 19.8. The highest BCUT2D eigenvalue weighted by Gasteiger charge is 2.15. The fourth-order valence-corrected chi connectivity index (χ4v) is 3.65. The summed E-state index contributed by atoms with van der Waals surface area (Å²) in [6.07, 6.45) is 2.06. The van der Waals surface area contributed by atoms with E-state index >= 15 is 0 Å². The number of anilines is 1. The summed E-state index contributed by atoms with van der Waals surface area (Å²) in [5.74, 6) is 2.11. The van der Waals surface area contributed by atoms with Crippen molar-refractivity contribution in [1.29, 1.82) is 0 Å². The molecule has 2 heterocycles. The lowest BCUT2D eigenvalue weighted by atomic mass is 10.1. The second-order valence-corrected chi connectivity index (χ2v) is 8.25. The largest absolute Gasteiger partial charge is 0.488 e. The number of benzene rings is 2. The van der Waals surface area contributed by atoms with Gasteiger partial charge in [-0.3, -0.25) is 10.1 Å². The second-order valence-electron chi connectivity index (χ2n) is 7.35. The molecule has 4 aromatic rings. The van der Waals surface area contributed by atoms with Gasteiger partial charge in [-0.05, 0) is 37.3 Å². The predicted molar refractivity (Wildman–Crippen MR) is 128 cm³/mol. The minimum absolute atomic E-state index is 0.219. The average Bonchev–Trinajstić information content (AvgIpc) is 3.51. The van der Waals surface area contributed by atoms with Gasteiger partial charge in [0, 0.05) is 42.3 Å². The maximum atomic E-state index is 12.8. The summed E-state index contributed by atoms with van der Waals surface area (Å²) in [5, 5.41) is 13.2. The first kappa shape index (κ1) is 23.4. The van der Waals surface area contributed by atoms with Crippen molar-refractivity contribution in [3.63, 3.8) is 0 Å². The Bertz CT molecular complexity index is 1240. The molecule has 2 aromatic carbocycles. The molecule has 0 radical (unpaired) electrons. The smallest absolute Gasteiger partial charge is 0.257 e. The van der Waals surface area contributed by atoms with Gasteiger partial charge >= 0.3 is 0 Å². The lowest BCUT2D eigenvalue weighted by Gasteiger charge is -2.16. The number of rotatable bonds is 10. The molecule has 1 atom stereocenters. The molecule has 2 aromatic heterocycles. The van der Waals surface area contributed by atoms with Crippen molar-refractivity contribution in [3.05, 3.63) is 65.5 Å². The van der Waals surface area contributed by atoms with Gasteiger partial charge in [-0.2, -0.15) is 0 Å². The second kappa shape index (κ2) is 10.9. The Morgan fingerprint density at radius 3 is 2.74 bits per heavy atom. The fourth-order valence-electron chi connectivity index (χ4n) is 3.13. The molecular formula is C24H24N4O5S. The number of methoxy groups -OCH3 is 1. The van der Waals surface area contributed by atoms with Crippen molar-refractivity contribution in [2.24, 2.45) is 0 Å². The molecule has 176 valence electrons. The molecule has 1 N–H and O–H groups in total. The van der Waals surface area contributed by atoms with Crippen LogP contribution in [0.5, 0.6) is 17.2 Å². The normalized spacial score (nSPS) is 11.7. The number of ether oxygens (including phenoxy) is 3. The molecule has 0 aliphatic rings. The average molecular weight is 481 g/mol. The molecule has 1 unspecified atom stereocenters. The summed E-state index contributed by atoms with van der Waals surface area (Å²) in [6, 6.07) is 12.3.